The molecule has 5 nitrogen and oxygen atoms in total. The van der Waals surface area contributed by atoms with Crippen molar-refractivity contribution < 1.29 is 17.9 Å². The molecule has 0 amide bonds. The van der Waals surface area contributed by atoms with Crippen LogP contribution in [0.15, 0.2) is 60.0 Å². The number of ether oxygens (including phenoxy) is 2. The predicted molar refractivity (Wildman–Crippen MR) is 95.3 cm³/mol. The molecule has 6 heteroatoms. The Morgan fingerprint density at radius 1 is 1.17 bits per heavy atom. The summed E-state index contributed by atoms with van der Waals surface area (Å²) in [6.07, 6.45) is 2.33. The second-order valence-electron chi connectivity index (χ2n) is 5.06. The quantitative estimate of drug-likeness (QED) is 0.741. The van der Waals surface area contributed by atoms with E-state index in [9.17, 15) is 8.42 Å². The normalized spacial score (nSPS) is 10.9. The Balaban J connectivity index is 2.20. The zero-order valence-electron chi connectivity index (χ0n) is 13.8. The number of aryl methyl sites for hydroxylation is 1. The van der Waals surface area contributed by atoms with Gasteiger partial charge in [-0.3, -0.25) is 4.72 Å². The molecule has 0 saturated carbocycles. The van der Waals surface area contributed by atoms with E-state index in [0.29, 0.717) is 30.2 Å². The number of nitrogens with one attached hydrogen (secondary N) is 1. The standard InChI is InChI=1S/C18H21NO4S/c1-4-12-23-16-8-6-15(7-9-16)19-24(20,21)17-10-11-18(22-3)14(5-2)13-17/h4,6-11,13,19H,1,5,12H2,2-3H3. The van der Waals surface area contributed by atoms with E-state index in [1.54, 1.807) is 49.6 Å². The topological polar surface area (TPSA) is 64.6 Å². The molecular formula is C18H21NO4S. The van der Waals surface area contributed by atoms with Gasteiger partial charge in [0.15, 0.2) is 0 Å². The zero-order chi connectivity index (χ0) is 17.6. The Morgan fingerprint density at radius 3 is 2.46 bits per heavy atom. The molecule has 0 aromatic heterocycles. The summed E-state index contributed by atoms with van der Waals surface area (Å²) in [5.41, 5.74) is 1.31. The van der Waals surface area contributed by atoms with Gasteiger partial charge in [0.1, 0.15) is 18.1 Å². The van der Waals surface area contributed by atoms with Crippen molar-refractivity contribution >= 4 is 15.7 Å². The van der Waals surface area contributed by atoms with Gasteiger partial charge in [-0.15, -0.1) is 0 Å². The monoisotopic (exact) mass is 347 g/mol. The molecular weight excluding hydrogens is 326 g/mol. The summed E-state index contributed by atoms with van der Waals surface area (Å²) < 4.78 is 38.2. The maximum Gasteiger partial charge on any atom is 0.261 e. The number of sulfonamides is 1. The lowest BCUT2D eigenvalue weighted by atomic mass is 10.1. The minimum absolute atomic E-state index is 0.201. The molecule has 0 atom stereocenters. The van der Waals surface area contributed by atoms with Crippen LogP contribution >= 0.6 is 0 Å². The van der Waals surface area contributed by atoms with Crippen LogP contribution in [0.5, 0.6) is 11.5 Å². The van der Waals surface area contributed by atoms with Crippen LogP contribution in [0.4, 0.5) is 5.69 Å². The summed E-state index contributed by atoms with van der Waals surface area (Å²) >= 11 is 0. The van der Waals surface area contributed by atoms with Crippen molar-refractivity contribution in [3.63, 3.8) is 0 Å². The third kappa shape index (κ3) is 4.29. The summed E-state index contributed by atoms with van der Waals surface area (Å²) in [6.45, 7) is 5.92. The number of anilines is 1. The van der Waals surface area contributed by atoms with Crippen LogP contribution in [-0.2, 0) is 16.4 Å². The van der Waals surface area contributed by atoms with Gasteiger partial charge >= 0.3 is 0 Å². The maximum atomic E-state index is 12.5. The molecule has 2 aromatic carbocycles. The molecule has 0 aliphatic heterocycles. The van der Waals surface area contributed by atoms with E-state index in [2.05, 4.69) is 11.3 Å². The first-order valence-electron chi connectivity index (χ1n) is 7.53. The van der Waals surface area contributed by atoms with E-state index in [0.717, 1.165) is 5.56 Å². The molecule has 0 spiro atoms. The van der Waals surface area contributed by atoms with Crippen LogP contribution in [0.1, 0.15) is 12.5 Å². The lowest BCUT2D eigenvalue weighted by Gasteiger charge is -2.12. The van der Waals surface area contributed by atoms with E-state index in [4.69, 9.17) is 9.47 Å². The van der Waals surface area contributed by atoms with Gasteiger partial charge in [-0.1, -0.05) is 19.6 Å². The second kappa shape index (κ2) is 7.88. The molecule has 1 N–H and O–H groups in total. The fourth-order valence-corrected chi connectivity index (χ4v) is 3.30. The molecule has 0 radical (unpaired) electrons. The second-order valence-corrected chi connectivity index (χ2v) is 6.74. The summed E-state index contributed by atoms with van der Waals surface area (Å²) in [5.74, 6) is 1.33. The first-order valence-corrected chi connectivity index (χ1v) is 9.02. The van der Waals surface area contributed by atoms with Crippen molar-refractivity contribution in [1.82, 2.24) is 0 Å². The van der Waals surface area contributed by atoms with E-state index in [-0.39, 0.29) is 4.90 Å². The lowest BCUT2D eigenvalue weighted by molar-refractivity contribution is 0.363. The van der Waals surface area contributed by atoms with E-state index in [1.165, 1.54) is 6.07 Å². The number of benzene rings is 2. The van der Waals surface area contributed by atoms with E-state index in [1.807, 2.05) is 6.92 Å². The third-order valence-corrected chi connectivity index (χ3v) is 4.80. The van der Waals surface area contributed by atoms with Gasteiger partial charge < -0.3 is 9.47 Å². The van der Waals surface area contributed by atoms with Crippen LogP contribution < -0.4 is 14.2 Å². The molecule has 0 aliphatic rings. The molecule has 24 heavy (non-hydrogen) atoms. The van der Waals surface area contributed by atoms with Gasteiger partial charge in [0.25, 0.3) is 10.0 Å². The molecule has 0 fully saturated rings. The highest BCUT2D eigenvalue weighted by Crippen LogP contribution is 2.25. The lowest BCUT2D eigenvalue weighted by Crippen LogP contribution is -2.13. The van der Waals surface area contributed by atoms with Crippen molar-refractivity contribution in [2.24, 2.45) is 0 Å². The van der Waals surface area contributed by atoms with E-state index < -0.39 is 10.0 Å². The van der Waals surface area contributed by atoms with Crippen LogP contribution in [0.25, 0.3) is 0 Å². The first-order chi connectivity index (χ1) is 11.5. The molecule has 2 rings (SSSR count). The summed E-state index contributed by atoms with van der Waals surface area (Å²) in [4.78, 5) is 0.201. The molecule has 0 saturated heterocycles. The van der Waals surface area contributed by atoms with Crippen LogP contribution in [-0.4, -0.2) is 22.1 Å². The average Bonchev–Trinajstić information content (AvgIpc) is 2.60. The highest BCUT2D eigenvalue weighted by atomic mass is 32.2. The van der Waals surface area contributed by atoms with Crippen molar-refractivity contribution in [3.8, 4) is 11.5 Å². The first kappa shape index (κ1) is 17.9. The maximum absolute atomic E-state index is 12.5. The van der Waals surface area contributed by atoms with Gasteiger partial charge in [0.2, 0.25) is 0 Å². The molecule has 0 bridgehead atoms. The van der Waals surface area contributed by atoms with Crippen LogP contribution in [0.2, 0.25) is 0 Å². The van der Waals surface area contributed by atoms with Crippen molar-refractivity contribution in [2.75, 3.05) is 18.4 Å². The minimum Gasteiger partial charge on any atom is -0.496 e. The fourth-order valence-electron chi connectivity index (χ4n) is 2.19. The largest absolute Gasteiger partial charge is 0.496 e. The van der Waals surface area contributed by atoms with Gasteiger partial charge in [-0.25, -0.2) is 8.42 Å². The number of methoxy groups -OCH3 is 1. The SMILES string of the molecule is C=CCOc1ccc(NS(=O)(=O)c2ccc(OC)c(CC)c2)cc1. The summed E-state index contributed by atoms with van der Waals surface area (Å²) in [7, 11) is -2.10. The fraction of sp³-hybridized carbons (Fsp3) is 0.222. The highest BCUT2D eigenvalue weighted by molar-refractivity contribution is 7.92. The Kier molecular flexibility index (Phi) is 5.87. The molecule has 0 aliphatic carbocycles. The van der Waals surface area contributed by atoms with Crippen LogP contribution in [0, 0.1) is 0 Å². The van der Waals surface area contributed by atoms with Gasteiger partial charge in [0.05, 0.1) is 12.0 Å². The van der Waals surface area contributed by atoms with Crippen molar-refractivity contribution in [1.29, 1.82) is 0 Å². The Hall–Kier alpha value is -2.47. The molecule has 0 heterocycles. The Labute approximate surface area is 143 Å². The summed E-state index contributed by atoms with van der Waals surface area (Å²) in [5, 5.41) is 0. The number of rotatable bonds is 8. The third-order valence-electron chi connectivity index (χ3n) is 3.42. The van der Waals surface area contributed by atoms with Crippen LogP contribution in [0.3, 0.4) is 0 Å². The van der Waals surface area contributed by atoms with Crippen molar-refractivity contribution in [3.05, 3.63) is 60.7 Å². The minimum atomic E-state index is -3.66. The molecule has 0 unspecified atom stereocenters. The summed E-state index contributed by atoms with van der Waals surface area (Å²) in [6, 6.07) is 11.5. The van der Waals surface area contributed by atoms with Gasteiger partial charge in [-0.2, -0.15) is 0 Å². The predicted octanol–water partition coefficient (Wildman–Crippen LogP) is 3.62. The highest BCUT2D eigenvalue weighted by Gasteiger charge is 2.16. The Morgan fingerprint density at radius 2 is 1.88 bits per heavy atom. The number of hydrogen-bond acceptors (Lipinski definition) is 4. The van der Waals surface area contributed by atoms with Crippen molar-refractivity contribution in [2.45, 2.75) is 18.2 Å². The molecule has 128 valence electrons. The smallest absolute Gasteiger partial charge is 0.261 e. The average molecular weight is 347 g/mol. The van der Waals surface area contributed by atoms with Gasteiger partial charge in [0, 0.05) is 5.69 Å². The number of hydrogen-bond donors (Lipinski definition) is 1. The zero-order valence-corrected chi connectivity index (χ0v) is 14.6. The molecule has 2 aromatic rings. The van der Waals surface area contributed by atoms with Gasteiger partial charge in [-0.05, 0) is 54.4 Å². The van der Waals surface area contributed by atoms with E-state index >= 15 is 0 Å². The Bertz CT molecular complexity index is 798.